The zero-order chi connectivity index (χ0) is 17.6. The molecule has 3 nitrogen and oxygen atoms in total. The number of rotatable bonds is 1. The predicted molar refractivity (Wildman–Crippen MR) is 102 cm³/mol. The van der Waals surface area contributed by atoms with Gasteiger partial charge in [0, 0.05) is 12.0 Å². The SMILES string of the molecule is O=C1CC2CC3(CCN(C4CCCCCC4)CC3)c3ccccc3C2O1. The van der Waals surface area contributed by atoms with Crippen LogP contribution in [0.15, 0.2) is 24.3 Å². The normalized spacial score (nSPS) is 31.9. The van der Waals surface area contributed by atoms with Gasteiger partial charge in [0.05, 0.1) is 6.42 Å². The molecule has 5 rings (SSSR count). The molecule has 140 valence electrons. The molecular weight excluding hydrogens is 322 g/mol. The predicted octanol–water partition coefficient (Wildman–Crippen LogP) is 4.75. The number of fused-ring (bicyclic) bond motifs is 4. The first-order valence-corrected chi connectivity index (χ1v) is 10.8. The Kier molecular flexibility index (Phi) is 4.31. The summed E-state index contributed by atoms with van der Waals surface area (Å²) < 4.78 is 5.71. The summed E-state index contributed by atoms with van der Waals surface area (Å²) >= 11 is 0. The highest BCUT2D eigenvalue weighted by atomic mass is 16.5. The highest BCUT2D eigenvalue weighted by Crippen LogP contribution is 2.54. The molecule has 26 heavy (non-hydrogen) atoms. The fraction of sp³-hybridized carbons (Fsp3) is 0.696. The highest BCUT2D eigenvalue weighted by Gasteiger charge is 2.50. The van der Waals surface area contributed by atoms with E-state index in [9.17, 15) is 4.79 Å². The van der Waals surface area contributed by atoms with Crippen molar-refractivity contribution in [3.8, 4) is 0 Å². The second kappa shape index (κ2) is 6.67. The quantitative estimate of drug-likeness (QED) is 0.539. The maximum absolute atomic E-state index is 12.0. The van der Waals surface area contributed by atoms with Gasteiger partial charge < -0.3 is 9.64 Å². The number of nitrogens with zero attached hydrogens (tertiary/aromatic N) is 1. The molecule has 2 unspecified atom stereocenters. The van der Waals surface area contributed by atoms with Crippen LogP contribution in [0.5, 0.6) is 0 Å². The van der Waals surface area contributed by atoms with Crippen molar-refractivity contribution in [2.75, 3.05) is 13.1 Å². The summed E-state index contributed by atoms with van der Waals surface area (Å²) in [4.78, 5) is 14.7. The van der Waals surface area contributed by atoms with E-state index in [0.717, 1.165) is 12.5 Å². The van der Waals surface area contributed by atoms with E-state index < -0.39 is 0 Å². The van der Waals surface area contributed by atoms with Crippen LogP contribution in [0.4, 0.5) is 0 Å². The van der Waals surface area contributed by atoms with Gasteiger partial charge in [0.25, 0.3) is 0 Å². The van der Waals surface area contributed by atoms with Crippen molar-refractivity contribution in [2.45, 2.75) is 81.8 Å². The maximum Gasteiger partial charge on any atom is 0.306 e. The van der Waals surface area contributed by atoms with Gasteiger partial charge in [-0.25, -0.2) is 0 Å². The molecule has 2 aliphatic carbocycles. The van der Waals surface area contributed by atoms with Crippen LogP contribution >= 0.6 is 0 Å². The summed E-state index contributed by atoms with van der Waals surface area (Å²) in [7, 11) is 0. The Balaban J connectivity index is 1.38. The minimum absolute atomic E-state index is 0.00254. The van der Waals surface area contributed by atoms with E-state index in [1.165, 1.54) is 75.6 Å². The Morgan fingerprint density at radius 1 is 1.00 bits per heavy atom. The number of carbonyl (C=O) groups excluding carboxylic acids is 1. The molecule has 1 spiro atoms. The van der Waals surface area contributed by atoms with Gasteiger partial charge in [0.2, 0.25) is 0 Å². The van der Waals surface area contributed by atoms with Crippen molar-refractivity contribution in [3.63, 3.8) is 0 Å². The van der Waals surface area contributed by atoms with Crippen LogP contribution < -0.4 is 0 Å². The lowest BCUT2D eigenvalue weighted by atomic mass is 9.60. The molecule has 2 atom stereocenters. The lowest BCUT2D eigenvalue weighted by Crippen LogP contribution is -2.49. The molecule has 1 aromatic rings. The van der Waals surface area contributed by atoms with Gasteiger partial charge in [0.15, 0.2) is 0 Å². The van der Waals surface area contributed by atoms with Crippen molar-refractivity contribution in [1.82, 2.24) is 4.90 Å². The zero-order valence-corrected chi connectivity index (χ0v) is 15.8. The largest absolute Gasteiger partial charge is 0.457 e. The Hall–Kier alpha value is -1.35. The molecule has 2 aliphatic heterocycles. The zero-order valence-electron chi connectivity index (χ0n) is 15.8. The van der Waals surface area contributed by atoms with E-state index in [1.807, 2.05) is 0 Å². The number of benzene rings is 1. The summed E-state index contributed by atoms with van der Waals surface area (Å²) in [6, 6.07) is 9.64. The molecule has 1 aromatic carbocycles. The van der Waals surface area contributed by atoms with Crippen LogP contribution in [0.2, 0.25) is 0 Å². The van der Waals surface area contributed by atoms with Gasteiger partial charge in [-0.2, -0.15) is 0 Å². The van der Waals surface area contributed by atoms with Gasteiger partial charge in [-0.05, 0) is 61.7 Å². The Morgan fingerprint density at radius 3 is 2.50 bits per heavy atom. The van der Waals surface area contributed by atoms with Crippen LogP contribution in [0.25, 0.3) is 0 Å². The van der Waals surface area contributed by atoms with Gasteiger partial charge in [-0.3, -0.25) is 4.79 Å². The molecule has 0 aromatic heterocycles. The van der Waals surface area contributed by atoms with Crippen molar-refractivity contribution < 1.29 is 9.53 Å². The summed E-state index contributed by atoms with van der Waals surface area (Å²) in [6.45, 7) is 2.45. The van der Waals surface area contributed by atoms with Crippen molar-refractivity contribution in [3.05, 3.63) is 35.4 Å². The van der Waals surface area contributed by atoms with Gasteiger partial charge in [-0.1, -0.05) is 49.9 Å². The van der Waals surface area contributed by atoms with Crippen molar-refractivity contribution in [1.29, 1.82) is 0 Å². The minimum atomic E-state index is 0.00254. The number of carbonyl (C=O) groups is 1. The number of hydrogen-bond donors (Lipinski definition) is 0. The second-order valence-electron chi connectivity index (χ2n) is 9.13. The Morgan fingerprint density at radius 2 is 1.73 bits per heavy atom. The Labute approximate surface area is 157 Å². The van der Waals surface area contributed by atoms with E-state index in [-0.39, 0.29) is 17.5 Å². The number of likely N-dealkylation sites (tertiary alicyclic amines) is 1. The third-order valence-electron chi connectivity index (χ3n) is 7.70. The number of ether oxygens (including phenoxy) is 1. The average Bonchev–Trinajstić information content (AvgIpc) is 2.86. The minimum Gasteiger partial charge on any atom is -0.457 e. The first kappa shape index (κ1) is 16.8. The van der Waals surface area contributed by atoms with Crippen molar-refractivity contribution >= 4 is 5.97 Å². The smallest absolute Gasteiger partial charge is 0.306 e. The lowest BCUT2D eigenvalue weighted by molar-refractivity contribution is -0.142. The van der Waals surface area contributed by atoms with Gasteiger partial charge in [-0.15, -0.1) is 0 Å². The van der Waals surface area contributed by atoms with Crippen LogP contribution in [-0.2, 0) is 14.9 Å². The van der Waals surface area contributed by atoms with Gasteiger partial charge in [0.1, 0.15) is 6.10 Å². The molecule has 0 radical (unpaired) electrons. The molecule has 3 fully saturated rings. The summed E-state index contributed by atoms with van der Waals surface area (Å²) in [5.74, 6) is 0.393. The van der Waals surface area contributed by atoms with E-state index in [2.05, 4.69) is 29.2 Å². The molecule has 2 heterocycles. The van der Waals surface area contributed by atoms with Gasteiger partial charge >= 0.3 is 5.97 Å². The van der Waals surface area contributed by atoms with E-state index >= 15 is 0 Å². The molecule has 0 N–H and O–H groups in total. The molecule has 1 saturated carbocycles. The first-order valence-electron chi connectivity index (χ1n) is 10.8. The average molecular weight is 354 g/mol. The lowest BCUT2D eigenvalue weighted by Gasteiger charge is -2.49. The van der Waals surface area contributed by atoms with Crippen LogP contribution in [0, 0.1) is 5.92 Å². The highest BCUT2D eigenvalue weighted by molar-refractivity contribution is 5.73. The molecule has 4 aliphatic rings. The monoisotopic (exact) mass is 353 g/mol. The molecule has 0 bridgehead atoms. The molecular formula is C23H31NO2. The van der Waals surface area contributed by atoms with E-state index in [0.29, 0.717) is 12.3 Å². The molecule has 3 heteroatoms. The van der Waals surface area contributed by atoms with Crippen LogP contribution in [-0.4, -0.2) is 30.0 Å². The third kappa shape index (κ3) is 2.79. The molecule has 2 saturated heterocycles. The van der Waals surface area contributed by atoms with E-state index in [4.69, 9.17) is 4.74 Å². The van der Waals surface area contributed by atoms with Crippen LogP contribution in [0.1, 0.15) is 81.4 Å². The summed E-state index contributed by atoms with van der Waals surface area (Å²) in [6.07, 6.45) is 12.8. The number of piperidine rings is 1. The third-order valence-corrected chi connectivity index (χ3v) is 7.70. The molecule has 0 amide bonds. The summed E-state index contributed by atoms with van der Waals surface area (Å²) in [5, 5.41) is 0. The fourth-order valence-electron chi connectivity index (χ4n) is 6.36. The van der Waals surface area contributed by atoms with Crippen molar-refractivity contribution in [2.24, 2.45) is 5.92 Å². The topological polar surface area (TPSA) is 29.5 Å². The summed E-state index contributed by atoms with van der Waals surface area (Å²) in [5.41, 5.74) is 3.06. The Bertz CT molecular complexity index is 669. The second-order valence-corrected chi connectivity index (χ2v) is 9.13. The first-order chi connectivity index (χ1) is 12.8. The van der Waals surface area contributed by atoms with E-state index in [1.54, 1.807) is 0 Å². The standard InChI is InChI=1S/C23H31NO2/c25-21-15-17-16-23(20-10-6-5-9-19(20)22(17)26-21)11-13-24(14-12-23)18-7-3-1-2-4-8-18/h5-6,9-10,17-18,22H,1-4,7-8,11-16H2. The van der Waals surface area contributed by atoms with Crippen LogP contribution in [0.3, 0.4) is 0 Å². The maximum atomic E-state index is 12.0. The number of hydrogen-bond acceptors (Lipinski definition) is 3. The fourth-order valence-corrected chi connectivity index (χ4v) is 6.36. The number of esters is 1.